The third kappa shape index (κ3) is 3.28. The summed E-state index contributed by atoms with van der Waals surface area (Å²) in [6.07, 6.45) is 0. The van der Waals surface area contributed by atoms with Gasteiger partial charge in [0.2, 0.25) is 0 Å². The molecule has 0 aliphatic heterocycles. The molecule has 0 fully saturated rings. The molecule has 5 nitrogen and oxygen atoms in total. The third-order valence-corrected chi connectivity index (χ3v) is 4.49. The van der Waals surface area contributed by atoms with Gasteiger partial charge in [-0.1, -0.05) is 24.3 Å². The molecular formula is C21H21N3O2. The molecule has 5 heteroatoms. The van der Waals surface area contributed by atoms with E-state index in [4.69, 9.17) is 0 Å². The second-order valence-electron chi connectivity index (χ2n) is 6.38. The molecule has 3 aromatic rings. The summed E-state index contributed by atoms with van der Waals surface area (Å²) in [6, 6.07) is 15.1. The van der Waals surface area contributed by atoms with E-state index in [-0.39, 0.29) is 0 Å². The number of ketones is 1. The molecule has 3 rings (SSSR count). The predicted octanol–water partition coefficient (Wildman–Crippen LogP) is 3.93. The zero-order valence-electron chi connectivity index (χ0n) is 15.3. The number of aryl methyl sites for hydroxylation is 3. The van der Waals surface area contributed by atoms with Gasteiger partial charge in [0.1, 0.15) is 0 Å². The lowest BCUT2D eigenvalue weighted by atomic mass is 10.1. The quantitative estimate of drug-likeness (QED) is 0.574. The van der Waals surface area contributed by atoms with Gasteiger partial charge in [-0.25, -0.2) is 4.68 Å². The number of anilines is 1. The number of nitrogens with one attached hydrogen (secondary N) is 1. The van der Waals surface area contributed by atoms with Gasteiger partial charge in [-0.05, 0) is 63.1 Å². The van der Waals surface area contributed by atoms with E-state index in [1.54, 1.807) is 24.6 Å². The SMILES string of the molecule is Cc1ccc(NC(=O)C(=O)c2c(C)nn(-c3ccccc3)c2C)cc1C. The lowest BCUT2D eigenvalue weighted by Crippen LogP contribution is -2.24. The summed E-state index contributed by atoms with van der Waals surface area (Å²) in [7, 11) is 0. The van der Waals surface area contributed by atoms with E-state index < -0.39 is 11.7 Å². The number of rotatable bonds is 4. The van der Waals surface area contributed by atoms with Crippen molar-refractivity contribution < 1.29 is 9.59 Å². The van der Waals surface area contributed by atoms with E-state index >= 15 is 0 Å². The molecule has 1 aromatic heterocycles. The van der Waals surface area contributed by atoms with Gasteiger partial charge in [0.25, 0.3) is 11.7 Å². The first-order valence-corrected chi connectivity index (χ1v) is 8.43. The highest BCUT2D eigenvalue weighted by Crippen LogP contribution is 2.20. The second kappa shape index (κ2) is 6.96. The Morgan fingerprint density at radius 2 is 1.62 bits per heavy atom. The van der Waals surface area contributed by atoms with Crippen molar-refractivity contribution in [3.8, 4) is 5.69 Å². The minimum Gasteiger partial charge on any atom is -0.319 e. The number of nitrogens with zero attached hydrogens (tertiary/aromatic N) is 2. The number of para-hydroxylation sites is 1. The van der Waals surface area contributed by atoms with Gasteiger partial charge in [0.15, 0.2) is 0 Å². The molecule has 0 unspecified atom stereocenters. The molecule has 0 aliphatic rings. The second-order valence-corrected chi connectivity index (χ2v) is 6.38. The molecule has 2 aromatic carbocycles. The number of aromatic nitrogens is 2. The predicted molar refractivity (Wildman–Crippen MR) is 102 cm³/mol. The molecule has 1 amide bonds. The maximum Gasteiger partial charge on any atom is 0.296 e. The Morgan fingerprint density at radius 1 is 0.923 bits per heavy atom. The average Bonchev–Trinajstić information content (AvgIpc) is 2.92. The minimum absolute atomic E-state index is 0.343. The number of carbonyl (C=O) groups excluding carboxylic acids is 2. The Hall–Kier alpha value is -3.21. The number of Topliss-reactive ketones (excluding diaryl/α,β-unsaturated/α-hetero) is 1. The first-order valence-electron chi connectivity index (χ1n) is 8.43. The first kappa shape index (κ1) is 17.6. The molecule has 132 valence electrons. The number of carbonyl (C=O) groups is 2. The maximum absolute atomic E-state index is 12.7. The van der Waals surface area contributed by atoms with Crippen LogP contribution in [0.5, 0.6) is 0 Å². The fraction of sp³-hybridized carbons (Fsp3) is 0.190. The van der Waals surface area contributed by atoms with Crippen LogP contribution in [0.25, 0.3) is 5.69 Å². The molecule has 0 radical (unpaired) electrons. The molecule has 0 spiro atoms. The zero-order chi connectivity index (χ0) is 18.8. The largest absolute Gasteiger partial charge is 0.319 e. The first-order chi connectivity index (χ1) is 12.4. The highest BCUT2D eigenvalue weighted by Gasteiger charge is 2.25. The third-order valence-electron chi connectivity index (χ3n) is 4.49. The van der Waals surface area contributed by atoms with E-state index in [0.29, 0.717) is 22.6 Å². The van der Waals surface area contributed by atoms with Crippen LogP contribution >= 0.6 is 0 Å². The summed E-state index contributed by atoms with van der Waals surface area (Å²) in [4.78, 5) is 25.2. The van der Waals surface area contributed by atoms with E-state index in [1.807, 2.05) is 56.3 Å². The molecule has 0 saturated carbocycles. The maximum atomic E-state index is 12.7. The van der Waals surface area contributed by atoms with E-state index in [1.165, 1.54) is 0 Å². The van der Waals surface area contributed by atoms with Crippen LogP contribution in [-0.4, -0.2) is 21.5 Å². The van der Waals surface area contributed by atoms with Crippen molar-refractivity contribution in [1.29, 1.82) is 0 Å². The van der Waals surface area contributed by atoms with Gasteiger partial charge in [-0.15, -0.1) is 0 Å². The summed E-state index contributed by atoms with van der Waals surface area (Å²) >= 11 is 0. The summed E-state index contributed by atoms with van der Waals surface area (Å²) in [5, 5.41) is 7.12. The summed E-state index contributed by atoms with van der Waals surface area (Å²) in [5.74, 6) is -1.24. The molecule has 1 heterocycles. The van der Waals surface area contributed by atoms with Crippen LogP contribution in [0.2, 0.25) is 0 Å². The lowest BCUT2D eigenvalue weighted by molar-refractivity contribution is -0.112. The summed E-state index contributed by atoms with van der Waals surface area (Å²) in [6.45, 7) is 7.49. The van der Waals surface area contributed by atoms with Gasteiger partial charge < -0.3 is 5.32 Å². The van der Waals surface area contributed by atoms with Crippen LogP contribution in [-0.2, 0) is 4.79 Å². The van der Waals surface area contributed by atoms with Crippen LogP contribution in [0.1, 0.15) is 32.9 Å². The number of hydrogen-bond donors (Lipinski definition) is 1. The smallest absolute Gasteiger partial charge is 0.296 e. The Labute approximate surface area is 152 Å². The van der Waals surface area contributed by atoms with Gasteiger partial charge in [0.05, 0.1) is 22.6 Å². The van der Waals surface area contributed by atoms with Crippen molar-refractivity contribution in [2.24, 2.45) is 0 Å². The fourth-order valence-corrected chi connectivity index (χ4v) is 2.91. The topological polar surface area (TPSA) is 64.0 Å². The van der Waals surface area contributed by atoms with E-state index in [0.717, 1.165) is 16.8 Å². The molecule has 0 atom stereocenters. The Bertz CT molecular complexity index is 988. The van der Waals surface area contributed by atoms with Gasteiger partial charge in [-0.3, -0.25) is 9.59 Å². The van der Waals surface area contributed by atoms with Crippen LogP contribution in [0.3, 0.4) is 0 Å². The molecule has 1 N–H and O–H groups in total. The minimum atomic E-state index is -0.660. The Morgan fingerprint density at radius 3 is 2.27 bits per heavy atom. The van der Waals surface area contributed by atoms with Gasteiger partial charge >= 0.3 is 0 Å². The van der Waals surface area contributed by atoms with Crippen molar-refractivity contribution in [3.05, 3.63) is 76.6 Å². The average molecular weight is 347 g/mol. The highest BCUT2D eigenvalue weighted by molar-refractivity contribution is 6.47. The lowest BCUT2D eigenvalue weighted by Gasteiger charge is -2.08. The highest BCUT2D eigenvalue weighted by atomic mass is 16.2. The normalized spacial score (nSPS) is 10.6. The Balaban J connectivity index is 1.89. The van der Waals surface area contributed by atoms with Gasteiger partial charge in [-0.2, -0.15) is 5.10 Å². The van der Waals surface area contributed by atoms with E-state index in [9.17, 15) is 9.59 Å². The molecule has 26 heavy (non-hydrogen) atoms. The Kier molecular flexibility index (Phi) is 4.71. The molecular weight excluding hydrogens is 326 g/mol. The van der Waals surface area contributed by atoms with Crippen LogP contribution < -0.4 is 5.32 Å². The zero-order valence-corrected chi connectivity index (χ0v) is 15.3. The molecule has 0 aliphatic carbocycles. The van der Waals surface area contributed by atoms with Crippen molar-refractivity contribution in [3.63, 3.8) is 0 Å². The monoisotopic (exact) mass is 347 g/mol. The van der Waals surface area contributed by atoms with Crippen LogP contribution in [0.15, 0.2) is 48.5 Å². The van der Waals surface area contributed by atoms with E-state index in [2.05, 4.69) is 10.4 Å². The number of benzene rings is 2. The summed E-state index contributed by atoms with van der Waals surface area (Å²) < 4.78 is 1.69. The van der Waals surface area contributed by atoms with Crippen molar-refractivity contribution in [1.82, 2.24) is 9.78 Å². The van der Waals surface area contributed by atoms with Crippen molar-refractivity contribution in [2.75, 3.05) is 5.32 Å². The standard InChI is InChI=1S/C21H21N3O2/c1-13-10-11-17(12-14(13)2)22-21(26)20(25)19-15(3)23-24(16(19)4)18-8-6-5-7-9-18/h5-12H,1-4H3,(H,22,26). The number of hydrogen-bond acceptors (Lipinski definition) is 3. The number of amides is 1. The fourth-order valence-electron chi connectivity index (χ4n) is 2.91. The van der Waals surface area contributed by atoms with Crippen LogP contribution in [0.4, 0.5) is 5.69 Å². The molecule has 0 bridgehead atoms. The van der Waals surface area contributed by atoms with Crippen molar-refractivity contribution in [2.45, 2.75) is 27.7 Å². The summed E-state index contributed by atoms with van der Waals surface area (Å²) in [5.41, 5.74) is 5.17. The molecule has 0 saturated heterocycles. The van der Waals surface area contributed by atoms with Crippen LogP contribution in [0, 0.1) is 27.7 Å². The van der Waals surface area contributed by atoms with Gasteiger partial charge in [0, 0.05) is 5.69 Å². The van der Waals surface area contributed by atoms with Crippen molar-refractivity contribution >= 4 is 17.4 Å².